The van der Waals surface area contributed by atoms with Gasteiger partial charge < -0.3 is 28.8 Å². The van der Waals surface area contributed by atoms with Gasteiger partial charge in [-0.1, -0.05) is 12.1 Å². The van der Waals surface area contributed by atoms with Gasteiger partial charge in [-0.05, 0) is 51.5 Å². The van der Waals surface area contributed by atoms with Crippen molar-refractivity contribution in [3.8, 4) is 11.5 Å². The lowest BCUT2D eigenvalue weighted by Gasteiger charge is -2.17. The quantitative estimate of drug-likeness (QED) is 0.275. The molecule has 12 heteroatoms. The number of nitrogens with two attached hydrogens (primary N) is 1. The molecule has 1 aliphatic heterocycles. The molecule has 1 aromatic heterocycles. The predicted octanol–water partition coefficient (Wildman–Crippen LogP) is 3.97. The Morgan fingerprint density at radius 2 is 1.82 bits per heavy atom. The molecule has 0 radical (unpaired) electrons. The SMILES string of the molecule is CCN=C(C=C(C)N)C(=O)Nc1nc2cc3c(cc2n1Cc1ccc(P(=O)(OCC)OCC)cc1)OCO3. The van der Waals surface area contributed by atoms with Crippen LogP contribution in [-0.4, -0.2) is 47.7 Å². The zero-order chi connectivity index (χ0) is 27.3. The molecule has 0 atom stereocenters. The van der Waals surface area contributed by atoms with Crippen molar-refractivity contribution in [1.82, 2.24) is 9.55 Å². The molecule has 11 nitrogen and oxygen atoms in total. The molecule has 2 heterocycles. The van der Waals surface area contributed by atoms with Crippen LogP contribution < -0.4 is 25.8 Å². The topological polar surface area (TPSA) is 139 Å². The predicted molar refractivity (Wildman–Crippen MR) is 146 cm³/mol. The number of anilines is 1. The van der Waals surface area contributed by atoms with Gasteiger partial charge in [0.05, 0.1) is 36.1 Å². The minimum Gasteiger partial charge on any atom is -0.454 e. The highest BCUT2D eigenvalue weighted by atomic mass is 31.2. The van der Waals surface area contributed by atoms with E-state index in [0.29, 0.717) is 47.1 Å². The Kier molecular flexibility index (Phi) is 8.51. The zero-order valence-corrected chi connectivity index (χ0v) is 22.8. The summed E-state index contributed by atoms with van der Waals surface area (Å²) in [6, 6.07) is 10.8. The van der Waals surface area contributed by atoms with E-state index in [-0.39, 0.29) is 25.7 Å². The number of fused-ring (bicyclic) bond motifs is 2. The number of hydrogen-bond donors (Lipinski definition) is 2. The molecule has 3 aromatic rings. The van der Waals surface area contributed by atoms with E-state index in [1.807, 2.05) is 29.7 Å². The normalized spacial score (nSPS) is 13.8. The van der Waals surface area contributed by atoms with E-state index in [2.05, 4.69) is 15.3 Å². The first-order valence-electron chi connectivity index (χ1n) is 12.4. The third-order valence-corrected chi connectivity index (χ3v) is 7.71. The number of nitrogens with zero attached hydrogens (tertiary/aromatic N) is 3. The lowest BCUT2D eigenvalue weighted by molar-refractivity contribution is -0.110. The number of rotatable bonds is 11. The molecule has 0 saturated carbocycles. The fourth-order valence-corrected chi connectivity index (χ4v) is 5.56. The molecule has 4 rings (SSSR count). The lowest BCUT2D eigenvalue weighted by atomic mass is 10.2. The van der Waals surface area contributed by atoms with Gasteiger partial charge >= 0.3 is 7.60 Å². The summed E-state index contributed by atoms with van der Waals surface area (Å²) in [6.07, 6.45) is 1.52. The second-order valence-electron chi connectivity index (χ2n) is 8.42. The van der Waals surface area contributed by atoms with E-state index < -0.39 is 13.5 Å². The fourth-order valence-electron chi connectivity index (χ4n) is 4.00. The fraction of sp³-hybridized carbons (Fsp3) is 0.346. The maximum Gasteiger partial charge on any atom is 0.361 e. The highest BCUT2D eigenvalue weighted by Crippen LogP contribution is 2.46. The first-order valence-corrected chi connectivity index (χ1v) is 13.9. The van der Waals surface area contributed by atoms with Gasteiger partial charge in [-0.25, -0.2) is 4.98 Å². The van der Waals surface area contributed by atoms with Crippen LogP contribution in [0.2, 0.25) is 0 Å². The van der Waals surface area contributed by atoms with Gasteiger partial charge in [0.15, 0.2) is 11.5 Å². The number of imidazole rings is 1. The Labute approximate surface area is 221 Å². The van der Waals surface area contributed by atoms with Crippen molar-refractivity contribution >= 4 is 41.5 Å². The van der Waals surface area contributed by atoms with Gasteiger partial charge in [0.2, 0.25) is 12.7 Å². The monoisotopic (exact) mass is 541 g/mol. The third kappa shape index (κ3) is 5.91. The molecular weight excluding hydrogens is 509 g/mol. The molecule has 0 aliphatic carbocycles. The standard InChI is InChI=1S/C26H32N5O6P/c1-5-28-21(12-17(4)27)25(32)30-26-29-20-13-23-24(35-16-34-23)14-22(20)31(26)15-18-8-10-19(11-9-18)38(33,36-6-2)37-7-3/h8-14H,5-7,15-16,27H2,1-4H3,(H,29,30,32). The summed E-state index contributed by atoms with van der Waals surface area (Å²) in [5.41, 5.74) is 8.70. The van der Waals surface area contributed by atoms with Gasteiger partial charge in [-0.3, -0.25) is 19.7 Å². The van der Waals surface area contributed by atoms with Crippen molar-refractivity contribution in [1.29, 1.82) is 0 Å². The highest BCUT2D eigenvalue weighted by Gasteiger charge is 2.27. The summed E-state index contributed by atoms with van der Waals surface area (Å²) in [4.78, 5) is 22.0. The van der Waals surface area contributed by atoms with Crippen LogP contribution >= 0.6 is 7.60 Å². The van der Waals surface area contributed by atoms with E-state index in [1.54, 1.807) is 39.0 Å². The minimum absolute atomic E-state index is 0.133. The number of allylic oxidation sites excluding steroid dienone is 1. The minimum atomic E-state index is -3.40. The molecule has 0 saturated heterocycles. The summed E-state index contributed by atoms with van der Waals surface area (Å²) >= 11 is 0. The molecular formula is C26H32N5O6P. The molecule has 1 aliphatic rings. The van der Waals surface area contributed by atoms with Gasteiger partial charge in [-0.2, -0.15) is 0 Å². The Bertz CT molecular complexity index is 1420. The van der Waals surface area contributed by atoms with E-state index in [1.165, 1.54) is 6.08 Å². The number of ether oxygens (including phenoxy) is 2. The van der Waals surface area contributed by atoms with Gasteiger partial charge in [-0.15, -0.1) is 0 Å². The second-order valence-corrected chi connectivity index (χ2v) is 10.4. The summed E-state index contributed by atoms with van der Waals surface area (Å²) in [7, 11) is -3.40. The molecule has 38 heavy (non-hydrogen) atoms. The molecule has 0 fully saturated rings. The molecule has 1 amide bonds. The first kappa shape index (κ1) is 27.4. The Morgan fingerprint density at radius 1 is 1.16 bits per heavy atom. The highest BCUT2D eigenvalue weighted by molar-refractivity contribution is 7.62. The molecule has 0 unspecified atom stereocenters. The largest absolute Gasteiger partial charge is 0.454 e. The average molecular weight is 542 g/mol. The number of benzene rings is 2. The van der Waals surface area contributed by atoms with E-state index in [4.69, 9.17) is 24.3 Å². The molecule has 2 aromatic carbocycles. The first-order chi connectivity index (χ1) is 18.3. The van der Waals surface area contributed by atoms with E-state index in [9.17, 15) is 9.36 Å². The van der Waals surface area contributed by atoms with E-state index in [0.717, 1.165) is 11.1 Å². The van der Waals surface area contributed by atoms with Gasteiger partial charge in [0.25, 0.3) is 5.91 Å². The van der Waals surface area contributed by atoms with Crippen LogP contribution in [0.5, 0.6) is 11.5 Å². The smallest absolute Gasteiger partial charge is 0.361 e. The van der Waals surface area contributed by atoms with Crippen molar-refractivity contribution in [2.24, 2.45) is 10.7 Å². The van der Waals surface area contributed by atoms with Crippen LogP contribution in [0.15, 0.2) is 53.2 Å². The zero-order valence-electron chi connectivity index (χ0n) is 21.9. The number of aromatic nitrogens is 2. The second kappa shape index (κ2) is 11.8. The lowest BCUT2D eigenvalue weighted by Crippen LogP contribution is -2.24. The van der Waals surface area contributed by atoms with Crippen molar-refractivity contribution in [3.05, 3.63) is 53.7 Å². The average Bonchev–Trinajstić information content (AvgIpc) is 3.46. The molecule has 3 N–H and O–H groups in total. The Morgan fingerprint density at radius 3 is 2.42 bits per heavy atom. The van der Waals surface area contributed by atoms with Crippen molar-refractivity contribution in [3.63, 3.8) is 0 Å². The number of amides is 1. The van der Waals surface area contributed by atoms with Crippen LogP contribution in [0.1, 0.15) is 33.3 Å². The Hall–Kier alpha value is -3.66. The van der Waals surface area contributed by atoms with Gasteiger partial charge in [0.1, 0.15) is 5.71 Å². The van der Waals surface area contributed by atoms with Crippen LogP contribution in [0.4, 0.5) is 5.95 Å². The van der Waals surface area contributed by atoms with Crippen LogP contribution in [0.3, 0.4) is 0 Å². The van der Waals surface area contributed by atoms with Crippen LogP contribution in [0, 0.1) is 0 Å². The summed E-state index contributed by atoms with van der Waals surface area (Å²) in [6.45, 7) is 8.50. The third-order valence-electron chi connectivity index (χ3n) is 5.58. The van der Waals surface area contributed by atoms with Crippen molar-refractivity contribution < 1.29 is 27.9 Å². The van der Waals surface area contributed by atoms with Gasteiger partial charge in [0, 0.05) is 24.4 Å². The Balaban J connectivity index is 1.71. The van der Waals surface area contributed by atoms with E-state index >= 15 is 0 Å². The maximum absolute atomic E-state index is 13.1. The summed E-state index contributed by atoms with van der Waals surface area (Å²) < 4.78 is 37.0. The summed E-state index contributed by atoms with van der Waals surface area (Å²) in [5.74, 6) is 1.06. The summed E-state index contributed by atoms with van der Waals surface area (Å²) in [5, 5.41) is 3.34. The van der Waals surface area contributed by atoms with Crippen molar-refractivity contribution in [2.75, 3.05) is 31.9 Å². The number of nitrogens with one attached hydrogen (secondary N) is 1. The van der Waals surface area contributed by atoms with Crippen LogP contribution in [-0.2, 0) is 25.0 Å². The van der Waals surface area contributed by atoms with Crippen LogP contribution in [0.25, 0.3) is 11.0 Å². The number of carbonyl (C=O) groups excluding carboxylic acids is 1. The molecule has 202 valence electrons. The van der Waals surface area contributed by atoms with Crippen molar-refractivity contribution in [2.45, 2.75) is 34.2 Å². The number of carbonyl (C=O) groups is 1. The molecule has 0 bridgehead atoms. The molecule has 0 spiro atoms. The number of hydrogen-bond acceptors (Lipinski definition) is 9. The maximum atomic E-state index is 13.1. The number of aliphatic imine (C=N–C) groups is 1.